The van der Waals surface area contributed by atoms with Crippen LogP contribution in [0.1, 0.15) is 12.5 Å². The van der Waals surface area contributed by atoms with Crippen molar-refractivity contribution in [2.24, 2.45) is 0 Å². The Morgan fingerprint density at radius 2 is 1.93 bits per heavy atom. The van der Waals surface area contributed by atoms with E-state index in [2.05, 4.69) is 52.9 Å². The Balaban J connectivity index is 1.68. The molecule has 4 nitrogen and oxygen atoms in total. The maximum Gasteiger partial charge on any atom is 0.117 e. The number of rotatable bonds is 6. The van der Waals surface area contributed by atoms with Gasteiger partial charge in [0.2, 0.25) is 0 Å². The topological polar surface area (TPSA) is 57.2 Å². The number of hydrogen-bond donors (Lipinski definition) is 3. The number of thiophene rings is 1. The van der Waals surface area contributed by atoms with Gasteiger partial charge in [0.1, 0.15) is 5.75 Å². The lowest BCUT2D eigenvalue weighted by Gasteiger charge is -2.07. The first-order valence-corrected chi connectivity index (χ1v) is 9.79. The van der Waals surface area contributed by atoms with Crippen molar-refractivity contribution in [2.45, 2.75) is 13.5 Å². The molecule has 3 N–H and O–H groups in total. The van der Waals surface area contributed by atoms with Gasteiger partial charge < -0.3 is 15.7 Å². The van der Waals surface area contributed by atoms with E-state index in [1.54, 1.807) is 23.5 Å². The number of pyridine rings is 1. The minimum Gasteiger partial charge on any atom is -0.508 e. The summed E-state index contributed by atoms with van der Waals surface area (Å²) in [7, 11) is 0. The zero-order chi connectivity index (χ0) is 18.6. The molecule has 136 valence electrons. The predicted molar refractivity (Wildman–Crippen MR) is 114 cm³/mol. The second-order valence-electron chi connectivity index (χ2n) is 6.34. The van der Waals surface area contributed by atoms with Gasteiger partial charge in [-0.15, -0.1) is 11.3 Å². The van der Waals surface area contributed by atoms with Crippen molar-refractivity contribution < 1.29 is 5.11 Å². The van der Waals surface area contributed by atoms with Crippen molar-refractivity contribution in [3.63, 3.8) is 0 Å². The molecule has 4 rings (SSSR count). The number of fused-ring (bicyclic) bond motifs is 1. The third-order valence-electron chi connectivity index (χ3n) is 4.33. The molecule has 2 heterocycles. The molecule has 0 aliphatic rings. The summed E-state index contributed by atoms with van der Waals surface area (Å²) in [5, 5.41) is 16.5. The normalized spacial score (nSPS) is 11.0. The van der Waals surface area contributed by atoms with Gasteiger partial charge in [-0.1, -0.05) is 31.2 Å². The largest absolute Gasteiger partial charge is 0.508 e. The van der Waals surface area contributed by atoms with E-state index in [4.69, 9.17) is 0 Å². The van der Waals surface area contributed by atoms with Gasteiger partial charge in [0.05, 0.1) is 15.9 Å². The van der Waals surface area contributed by atoms with Crippen molar-refractivity contribution >= 4 is 32.9 Å². The molecule has 0 unspecified atom stereocenters. The molecule has 2 aromatic heterocycles. The van der Waals surface area contributed by atoms with Gasteiger partial charge in [0.25, 0.3) is 0 Å². The van der Waals surface area contributed by atoms with Crippen molar-refractivity contribution in [1.29, 1.82) is 0 Å². The summed E-state index contributed by atoms with van der Waals surface area (Å²) in [5.74, 6) is 0.245. The Bertz CT molecular complexity index is 1070. The molecule has 27 heavy (non-hydrogen) atoms. The standard InChI is InChI=1S/C22H21N3OS/c1-2-23-14-15-5-3-6-16(11-15)21-13-20-22(27-21)19(9-10-24-20)25-17-7-4-8-18(26)12-17/h3-13,23,26H,2,14H2,1H3,(H,24,25). The van der Waals surface area contributed by atoms with Crippen molar-refractivity contribution in [2.75, 3.05) is 11.9 Å². The fourth-order valence-corrected chi connectivity index (χ4v) is 4.10. The molecule has 0 atom stereocenters. The second-order valence-corrected chi connectivity index (χ2v) is 7.39. The minimum atomic E-state index is 0.245. The molecule has 0 saturated carbocycles. The average Bonchev–Trinajstić information content (AvgIpc) is 3.12. The molecule has 0 spiro atoms. The van der Waals surface area contributed by atoms with Crippen LogP contribution in [0, 0.1) is 0 Å². The first kappa shape index (κ1) is 17.5. The second kappa shape index (κ2) is 7.78. The summed E-state index contributed by atoms with van der Waals surface area (Å²) >= 11 is 1.73. The van der Waals surface area contributed by atoms with Gasteiger partial charge >= 0.3 is 0 Å². The van der Waals surface area contributed by atoms with Crippen LogP contribution in [0.5, 0.6) is 5.75 Å². The summed E-state index contributed by atoms with van der Waals surface area (Å²) in [6, 6.07) is 19.9. The SMILES string of the molecule is CCNCc1cccc(-c2cc3nccc(Nc4cccc(O)c4)c3s2)c1. The van der Waals surface area contributed by atoms with Crippen molar-refractivity contribution in [1.82, 2.24) is 10.3 Å². The highest BCUT2D eigenvalue weighted by atomic mass is 32.1. The van der Waals surface area contributed by atoms with Gasteiger partial charge in [-0.2, -0.15) is 0 Å². The maximum atomic E-state index is 9.69. The van der Waals surface area contributed by atoms with E-state index in [0.717, 1.165) is 34.7 Å². The average molecular weight is 375 g/mol. The molecule has 4 aromatic rings. The quantitative estimate of drug-likeness (QED) is 0.415. The van der Waals surface area contributed by atoms with Crippen LogP contribution < -0.4 is 10.6 Å². The Labute approximate surface area is 162 Å². The molecule has 5 heteroatoms. The Hall–Kier alpha value is -2.89. The van der Waals surface area contributed by atoms with Crippen molar-refractivity contribution in [3.8, 4) is 16.2 Å². The van der Waals surface area contributed by atoms with Crippen LogP contribution in [0.25, 0.3) is 20.7 Å². The molecule has 0 aliphatic carbocycles. The van der Waals surface area contributed by atoms with Crippen LogP contribution in [-0.2, 0) is 6.54 Å². The molecule has 0 bridgehead atoms. The number of benzene rings is 2. The molecular formula is C22H21N3OS. The summed E-state index contributed by atoms with van der Waals surface area (Å²) in [6.45, 7) is 3.95. The van der Waals surface area contributed by atoms with Crippen LogP contribution in [0.4, 0.5) is 11.4 Å². The highest BCUT2D eigenvalue weighted by molar-refractivity contribution is 7.22. The van der Waals surface area contributed by atoms with Gasteiger partial charge in [-0.3, -0.25) is 4.98 Å². The monoisotopic (exact) mass is 375 g/mol. The minimum absolute atomic E-state index is 0.245. The zero-order valence-electron chi connectivity index (χ0n) is 15.1. The fourth-order valence-electron chi connectivity index (χ4n) is 3.02. The molecule has 0 fully saturated rings. The van der Waals surface area contributed by atoms with Gasteiger partial charge in [0, 0.05) is 29.4 Å². The zero-order valence-corrected chi connectivity index (χ0v) is 15.9. The predicted octanol–water partition coefficient (Wildman–Crippen LogP) is 5.52. The van der Waals surface area contributed by atoms with E-state index in [0.29, 0.717) is 0 Å². The smallest absolute Gasteiger partial charge is 0.117 e. The summed E-state index contributed by atoms with van der Waals surface area (Å²) in [5.41, 5.74) is 5.29. The molecule has 0 saturated heterocycles. The van der Waals surface area contributed by atoms with Crippen LogP contribution in [-0.4, -0.2) is 16.6 Å². The van der Waals surface area contributed by atoms with Gasteiger partial charge in [-0.05, 0) is 48.0 Å². The lowest BCUT2D eigenvalue weighted by molar-refractivity contribution is 0.475. The summed E-state index contributed by atoms with van der Waals surface area (Å²) in [6.07, 6.45) is 1.81. The van der Waals surface area contributed by atoms with Gasteiger partial charge in [0.15, 0.2) is 0 Å². The van der Waals surface area contributed by atoms with E-state index < -0.39 is 0 Å². The number of nitrogens with zero attached hydrogens (tertiary/aromatic N) is 1. The van der Waals surface area contributed by atoms with Gasteiger partial charge in [-0.25, -0.2) is 0 Å². The van der Waals surface area contributed by atoms with Crippen LogP contribution in [0.3, 0.4) is 0 Å². The number of aromatic nitrogens is 1. The highest BCUT2D eigenvalue weighted by Crippen LogP contribution is 2.37. The molecule has 0 amide bonds. The van der Waals surface area contributed by atoms with E-state index in [-0.39, 0.29) is 5.75 Å². The first-order valence-electron chi connectivity index (χ1n) is 8.97. The van der Waals surface area contributed by atoms with E-state index in [9.17, 15) is 5.11 Å². The number of nitrogens with one attached hydrogen (secondary N) is 2. The van der Waals surface area contributed by atoms with Crippen LogP contribution >= 0.6 is 11.3 Å². The number of phenolic OH excluding ortho intramolecular Hbond substituents is 1. The van der Waals surface area contributed by atoms with Crippen LogP contribution in [0.2, 0.25) is 0 Å². The van der Waals surface area contributed by atoms with Crippen LogP contribution in [0.15, 0.2) is 66.9 Å². The molecule has 0 radical (unpaired) electrons. The maximum absolute atomic E-state index is 9.69. The van der Waals surface area contributed by atoms with E-state index in [1.165, 1.54) is 16.0 Å². The summed E-state index contributed by atoms with van der Waals surface area (Å²) < 4.78 is 1.10. The number of hydrogen-bond acceptors (Lipinski definition) is 5. The molecule has 2 aromatic carbocycles. The Morgan fingerprint density at radius 3 is 2.78 bits per heavy atom. The Morgan fingerprint density at radius 1 is 1.04 bits per heavy atom. The Kier molecular flexibility index (Phi) is 5.05. The highest BCUT2D eigenvalue weighted by Gasteiger charge is 2.10. The molecule has 0 aliphatic heterocycles. The lowest BCUT2D eigenvalue weighted by atomic mass is 10.1. The lowest BCUT2D eigenvalue weighted by Crippen LogP contribution is -2.11. The number of aromatic hydroxyl groups is 1. The first-order chi connectivity index (χ1) is 13.2. The van der Waals surface area contributed by atoms with E-state index in [1.807, 2.05) is 24.4 Å². The van der Waals surface area contributed by atoms with Crippen molar-refractivity contribution in [3.05, 3.63) is 72.4 Å². The third kappa shape index (κ3) is 3.94. The fraction of sp³-hybridized carbons (Fsp3) is 0.136. The number of phenols is 1. The number of anilines is 2. The molecular weight excluding hydrogens is 354 g/mol. The summed E-state index contributed by atoms with van der Waals surface area (Å²) in [4.78, 5) is 5.72. The van der Waals surface area contributed by atoms with E-state index >= 15 is 0 Å². The third-order valence-corrected chi connectivity index (χ3v) is 5.53.